The summed E-state index contributed by atoms with van der Waals surface area (Å²) in [5.74, 6) is -0.117. The largest absolute Gasteiger partial charge is 0.495 e. The summed E-state index contributed by atoms with van der Waals surface area (Å²) in [7, 11) is -0.243. The van der Waals surface area contributed by atoms with E-state index in [1.54, 1.807) is 6.07 Å². The van der Waals surface area contributed by atoms with Gasteiger partial charge in [-0.25, -0.2) is 8.42 Å². The number of carbonyl (C=O) groups is 2. The Morgan fingerprint density at radius 2 is 1.37 bits per heavy atom. The third kappa shape index (κ3) is 9.45. The normalized spacial score (nSPS) is 11.8. The fraction of sp³-hybridized carbons (Fsp3) is 0.297. The second-order valence-electron chi connectivity index (χ2n) is 11.7. The van der Waals surface area contributed by atoms with Gasteiger partial charge in [0.15, 0.2) is 11.5 Å². The highest BCUT2D eigenvalue weighted by molar-refractivity contribution is 7.92. The molecule has 4 aromatic carbocycles. The average Bonchev–Trinajstić information content (AvgIpc) is 3.11. The summed E-state index contributed by atoms with van der Waals surface area (Å²) in [6, 6.07) is 26.3. The lowest BCUT2D eigenvalue weighted by Gasteiger charge is -2.34. The summed E-state index contributed by atoms with van der Waals surface area (Å²) in [6.45, 7) is 3.73. The minimum Gasteiger partial charge on any atom is -0.495 e. The predicted octanol–water partition coefficient (Wildman–Crippen LogP) is 5.97. The Labute approximate surface area is 293 Å². The second-order valence-corrected chi connectivity index (χ2v) is 14.0. The first-order valence-electron chi connectivity index (χ1n) is 15.7. The molecule has 0 saturated heterocycles. The molecule has 1 atom stereocenters. The van der Waals surface area contributed by atoms with Crippen LogP contribution in [0.1, 0.15) is 25.0 Å². The molecular formula is C37H42ClN3O7S. The van der Waals surface area contributed by atoms with Crippen LogP contribution in [0.15, 0.2) is 102 Å². The predicted molar refractivity (Wildman–Crippen MR) is 191 cm³/mol. The maximum atomic E-state index is 14.7. The summed E-state index contributed by atoms with van der Waals surface area (Å²) in [6.07, 6.45) is 0.201. The number of halogens is 1. The van der Waals surface area contributed by atoms with Gasteiger partial charge in [-0.2, -0.15) is 0 Å². The minimum absolute atomic E-state index is 0.0432. The third-order valence-electron chi connectivity index (χ3n) is 7.78. The number of rotatable bonds is 16. The van der Waals surface area contributed by atoms with E-state index in [1.807, 2.05) is 74.5 Å². The van der Waals surface area contributed by atoms with Gasteiger partial charge >= 0.3 is 0 Å². The van der Waals surface area contributed by atoms with Crippen LogP contribution in [0.25, 0.3) is 0 Å². The van der Waals surface area contributed by atoms with E-state index in [-0.39, 0.29) is 51.9 Å². The first-order chi connectivity index (χ1) is 23.5. The molecule has 0 saturated carbocycles. The summed E-state index contributed by atoms with van der Waals surface area (Å²) in [5, 5.41) is 3.21. The first kappa shape index (κ1) is 37.1. The number of nitrogens with one attached hydrogen (secondary N) is 1. The molecule has 0 aromatic heterocycles. The SMILES string of the molecule is COc1ccc(S(=O)(=O)N(CC(=O)N(Cc2ccccc2)C(Cc2ccccc2)C(=O)NCC(C)C)c2cc(Cl)ccc2OC)cc1OC. The zero-order chi connectivity index (χ0) is 35.6. The molecule has 0 fully saturated rings. The number of nitrogens with zero attached hydrogens (tertiary/aromatic N) is 2. The number of ether oxygens (including phenoxy) is 3. The van der Waals surface area contributed by atoms with Gasteiger partial charge in [0.1, 0.15) is 18.3 Å². The van der Waals surface area contributed by atoms with E-state index in [0.717, 1.165) is 15.4 Å². The topological polar surface area (TPSA) is 114 Å². The minimum atomic E-state index is -4.48. The Hall–Kier alpha value is -4.74. The van der Waals surface area contributed by atoms with Gasteiger partial charge in [-0.05, 0) is 47.4 Å². The first-order valence-corrected chi connectivity index (χ1v) is 17.5. The maximum absolute atomic E-state index is 14.7. The summed E-state index contributed by atoms with van der Waals surface area (Å²) >= 11 is 6.39. The van der Waals surface area contributed by atoms with Crippen molar-refractivity contribution in [2.45, 2.75) is 37.8 Å². The smallest absolute Gasteiger partial charge is 0.265 e. The van der Waals surface area contributed by atoms with Crippen molar-refractivity contribution in [1.82, 2.24) is 10.2 Å². The number of hydrogen-bond donors (Lipinski definition) is 1. The Bertz CT molecular complexity index is 1820. The molecule has 1 N–H and O–H groups in total. The lowest BCUT2D eigenvalue weighted by molar-refractivity contribution is -0.140. The monoisotopic (exact) mass is 707 g/mol. The molecule has 0 radical (unpaired) electrons. The highest BCUT2D eigenvalue weighted by Gasteiger charge is 2.36. The van der Waals surface area contributed by atoms with Crippen LogP contribution in [0.5, 0.6) is 17.2 Å². The zero-order valence-corrected chi connectivity index (χ0v) is 29.8. The lowest BCUT2D eigenvalue weighted by Crippen LogP contribution is -2.53. The van der Waals surface area contributed by atoms with Crippen LogP contribution in [0.3, 0.4) is 0 Å². The molecule has 0 aliphatic heterocycles. The molecule has 0 heterocycles. The Morgan fingerprint density at radius 3 is 1.96 bits per heavy atom. The van der Waals surface area contributed by atoms with E-state index >= 15 is 0 Å². The van der Waals surface area contributed by atoms with E-state index < -0.39 is 28.5 Å². The molecule has 1 unspecified atom stereocenters. The molecule has 49 heavy (non-hydrogen) atoms. The van der Waals surface area contributed by atoms with Crippen molar-refractivity contribution in [3.8, 4) is 17.2 Å². The quantitative estimate of drug-likeness (QED) is 0.153. The molecule has 12 heteroatoms. The summed E-state index contributed by atoms with van der Waals surface area (Å²) in [4.78, 5) is 29.9. The van der Waals surface area contributed by atoms with Crippen LogP contribution in [0.4, 0.5) is 5.69 Å². The van der Waals surface area contributed by atoms with Gasteiger partial charge in [-0.15, -0.1) is 0 Å². The van der Waals surface area contributed by atoms with Crippen LogP contribution in [0, 0.1) is 5.92 Å². The van der Waals surface area contributed by atoms with Crippen molar-refractivity contribution in [2.75, 3.05) is 38.7 Å². The van der Waals surface area contributed by atoms with Gasteiger partial charge in [-0.3, -0.25) is 13.9 Å². The van der Waals surface area contributed by atoms with Crippen molar-refractivity contribution < 1.29 is 32.2 Å². The van der Waals surface area contributed by atoms with Crippen molar-refractivity contribution in [1.29, 1.82) is 0 Å². The molecule has 260 valence electrons. The van der Waals surface area contributed by atoms with Crippen LogP contribution in [0.2, 0.25) is 5.02 Å². The Balaban J connectivity index is 1.86. The number of amides is 2. The highest BCUT2D eigenvalue weighted by Crippen LogP contribution is 2.37. The molecule has 0 aliphatic carbocycles. The number of hydrogen-bond acceptors (Lipinski definition) is 7. The molecule has 2 amide bonds. The van der Waals surface area contributed by atoms with E-state index in [9.17, 15) is 18.0 Å². The van der Waals surface area contributed by atoms with Gasteiger partial charge in [-0.1, -0.05) is 86.1 Å². The summed E-state index contributed by atoms with van der Waals surface area (Å²) < 4.78 is 46.3. The van der Waals surface area contributed by atoms with Crippen LogP contribution in [-0.2, 0) is 32.6 Å². The van der Waals surface area contributed by atoms with Crippen molar-refractivity contribution in [3.63, 3.8) is 0 Å². The van der Waals surface area contributed by atoms with Gasteiger partial charge < -0.3 is 24.4 Å². The maximum Gasteiger partial charge on any atom is 0.265 e. The molecule has 0 aliphatic rings. The number of methoxy groups -OCH3 is 3. The van der Waals surface area contributed by atoms with E-state index in [4.69, 9.17) is 25.8 Å². The van der Waals surface area contributed by atoms with Crippen molar-refractivity contribution in [2.24, 2.45) is 5.92 Å². The number of benzene rings is 4. The second kappa shape index (κ2) is 17.1. The molecule has 10 nitrogen and oxygen atoms in total. The molecular weight excluding hydrogens is 666 g/mol. The van der Waals surface area contributed by atoms with Gasteiger partial charge in [0, 0.05) is 30.6 Å². The Morgan fingerprint density at radius 1 is 0.776 bits per heavy atom. The highest BCUT2D eigenvalue weighted by atomic mass is 35.5. The van der Waals surface area contributed by atoms with Gasteiger partial charge in [0.2, 0.25) is 11.8 Å². The number of anilines is 1. The Kier molecular flexibility index (Phi) is 12.9. The van der Waals surface area contributed by atoms with Crippen LogP contribution in [-0.4, -0.2) is 65.6 Å². The lowest BCUT2D eigenvalue weighted by atomic mass is 10.0. The van der Waals surface area contributed by atoms with E-state index in [0.29, 0.717) is 12.3 Å². The van der Waals surface area contributed by atoms with Gasteiger partial charge in [0.05, 0.1) is 31.9 Å². The van der Waals surface area contributed by atoms with E-state index in [1.165, 1.54) is 56.6 Å². The average molecular weight is 708 g/mol. The molecule has 4 rings (SSSR count). The number of carbonyl (C=O) groups excluding carboxylic acids is 2. The zero-order valence-electron chi connectivity index (χ0n) is 28.3. The number of sulfonamides is 1. The van der Waals surface area contributed by atoms with Crippen molar-refractivity contribution >= 4 is 39.1 Å². The fourth-order valence-corrected chi connectivity index (χ4v) is 6.83. The molecule has 4 aromatic rings. The van der Waals surface area contributed by atoms with Crippen LogP contribution >= 0.6 is 11.6 Å². The third-order valence-corrected chi connectivity index (χ3v) is 9.77. The standard InChI is InChI=1S/C37H42ClN3O7S/c1-26(2)23-39-37(43)32(20-27-12-8-6-9-13-27)40(24-28-14-10-7-11-15-28)36(42)25-41(31-21-29(38)16-18-33(31)46-3)49(44,45)30-17-19-34(47-4)35(22-30)48-5/h6-19,21-22,26,32H,20,23-25H2,1-5H3,(H,39,43). The fourth-order valence-electron chi connectivity index (χ4n) is 5.23. The van der Waals surface area contributed by atoms with Gasteiger partial charge in [0.25, 0.3) is 10.0 Å². The van der Waals surface area contributed by atoms with Crippen LogP contribution < -0.4 is 23.8 Å². The van der Waals surface area contributed by atoms with E-state index in [2.05, 4.69) is 5.32 Å². The molecule has 0 bridgehead atoms. The summed E-state index contributed by atoms with van der Waals surface area (Å²) in [5.41, 5.74) is 1.64. The van der Waals surface area contributed by atoms with Crippen molar-refractivity contribution in [3.05, 3.63) is 113 Å². The molecule has 0 spiro atoms.